The first-order valence-electron chi connectivity index (χ1n) is 8.07. The Morgan fingerprint density at radius 2 is 1.84 bits per heavy atom. The Hall–Kier alpha value is -2.96. The molecule has 0 saturated heterocycles. The Morgan fingerprint density at radius 3 is 2.44 bits per heavy atom. The fraction of sp³-hybridized carbons (Fsp3) is 0.333. The van der Waals surface area contributed by atoms with E-state index in [1.165, 1.54) is 12.5 Å². The van der Waals surface area contributed by atoms with Gasteiger partial charge in [-0.15, -0.1) is 0 Å². The largest absolute Gasteiger partial charge is 0.451 e. The molecule has 1 aromatic heterocycles. The maximum Gasteiger partial charge on any atom is 0.326 e. The number of likely N-dealkylation sites (N-methyl/N-ethyl adjacent to an activating group) is 1. The number of benzene rings is 1. The van der Waals surface area contributed by atoms with Crippen molar-refractivity contribution in [1.82, 2.24) is 9.97 Å². The number of ether oxygens (including phenoxy) is 1. The minimum atomic E-state index is -0.900. The topological polar surface area (TPSA) is 84.4 Å². The Bertz CT molecular complexity index is 704. The first kappa shape index (κ1) is 18.4. The van der Waals surface area contributed by atoms with Crippen LogP contribution in [0.2, 0.25) is 0 Å². The zero-order valence-corrected chi connectivity index (χ0v) is 14.6. The molecule has 1 atom stereocenters. The zero-order valence-electron chi connectivity index (χ0n) is 14.6. The van der Waals surface area contributed by atoms with Gasteiger partial charge in [-0.1, -0.05) is 19.1 Å². The Labute approximate surface area is 147 Å². The summed E-state index contributed by atoms with van der Waals surface area (Å²) in [5.74, 6) is -0.497. The van der Waals surface area contributed by atoms with Crippen LogP contribution in [0.3, 0.4) is 0 Å². The fourth-order valence-electron chi connectivity index (χ4n) is 2.11. The fourth-order valence-corrected chi connectivity index (χ4v) is 2.11. The maximum atomic E-state index is 12.1. The van der Waals surface area contributed by atoms with Gasteiger partial charge in [0.15, 0.2) is 6.10 Å². The first-order valence-corrected chi connectivity index (χ1v) is 8.07. The molecule has 7 heteroatoms. The summed E-state index contributed by atoms with van der Waals surface area (Å²) < 4.78 is 5.17. The predicted molar refractivity (Wildman–Crippen MR) is 95.3 cm³/mol. The number of anilines is 2. The highest BCUT2D eigenvalue weighted by atomic mass is 16.5. The second-order valence-corrected chi connectivity index (χ2v) is 5.58. The van der Waals surface area contributed by atoms with Crippen molar-refractivity contribution in [1.29, 1.82) is 0 Å². The second-order valence-electron chi connectivity index (χ2n) is 5.58. The van der Waals surface area contributed by atoms with Gasteiger partial charge in [0.2, 0.25) is 5.95 Å². The lowest BCUT2D eigenvalue weighted by Crippen LogP contribution is -2.35. The smallest absolute Gasteiger partial charge is 0.326 e. The van der Waals surface area contributed by atoms with Crippen LogP contribution in [0.1, 0.15) is 19.4 Å². The summed E-state index contributed by atoms with van der Waals surface area (Å²) in [4.78, 5) is 33.7. The van der Waals surface area contributed by atoms with E-state index in [1.54, 1.807) is 30.4 Å². The third-order valence-electron chi connectivity index (χ3n) is 3.57. The van der Waals surface area contributed by atoms with Crippen molar-refractivity contribution < 1.29 is 14.3 Å². The molecule has 132 valence electrons. The average Bonchev–Trinajstić information content (AvgIpc) is 2.62. The summed E-state index contributed by atoms with van der Waals surface area (Å²) in [5, 5.41) is 2.73. The van der Waals surface area contributed by atoms with E-state index in [1.807, 2.05) is 24.3 Å². The van der Waals surface area contributed by atoms with Gasteiger partial charge in [-0.2, -0.15) is 0 Å². The number of carbonyl (C=O) groups excluding carboxylic acids is 2. The van der Waals surface area contributed by atoms with E-state index < -0.39 is 12.1 Å². The molecule has 2 aromatic rings. The standard InChI is InChI=1S/C18H22N4O3/c1-4-14-6-8-15(9-7-14)21-17(24)13(2)25-16(23)12-22(3)18-19-10-5-11-20-18/h5-11,13H,4,12H2,1-3H3,(H,21,24). The number of amides is 1. The molecule has 1 amide bonds. The van der Waals surface area contributed by atoms with Gasteiger partial charge >= 0.3 is 5.97 Å². The van der Waals surface area contributed by atoms with Crippen molar-refractivity contribution >= 4 is 23.5 Å². The summed E-state index contributed by atoms with van der Waals surface area (Å²) in [6.45, 7) is 3.55. The highest BCUT2D eigenvalue weighted by Gasteiger charge is 2.19. The van der Waals surface area contributed by atoms with Crippen LogP contribution in [0.25, 0.3) is 0 Å². The molecule has 0 saturated carbocycles. The molecule has 1 heterocycles. The average molecular weight is 342 g/mol. The number of nitrogens with zero attached hydrogens (tertiary/aromatic N) is 3. The van der Waals surface area contributed by atoms with Crippen LogP contribution in [0.4, 0.5) is 11.6 Å². The highest BCUT2D eigenvalue weighted by Crippen LogP contribution is 2.11. The van der Waals surface area contributed by atoms with E-state index in [0.717, 1.165) is 6.42 Å². The number of nitrogens with one attached hydrogen (secondary N) is 1. The lowest BCUT2D eigenvalue weighted by atomic mass is 10.1. The first-order chi connectivity index (χ1) is 12.0. The van der Waals surface area contributed by atoms with Crippen LogP contribution in [0, 0.1) is 0 Å². The van der Waals surface area contributed by atoms with Gasteiger partial charge in [-0.25, -0.2) is 9.97 Å². The Kier molecular flexibility index (Phi) is 6.45. The van der Waals surface area contributed by atoms with Crippen LogP contribution in [-0.4, -0.2) is 41.5 Å². The van der Waals surface area contributed by atoms with Crippen LogP contribution in [0.15, 0.2) is 42.7 Å². The maximum absolute atomic E-state index is 12.1. The van der Waals surface area contributed by atoms with Crippen molar-refractivity contribution in [2.45, 2.75) is 26.4 Å². The number of hydrogen-bond acceptors (Lipinski definition) is 6. The Morgan fingerprint density at radius 1 is 1.20 bits per heavy atom. The number of carbonyl (C=O) groups is 2. The van der Waals surface area contributed by atoms with Gasteiger partial charge in [0.05, 0.1) is 0 Å². The van der Waals surface area contributed by atoms with Gasteiger partial charge in [0, 0.05) is 25.1 Å². The molecule has 1 aromatic carbocycles. The molecule has 0 aliphatic carbocycles. The molecule has 1 unspecified atom stereocenters. The van der Waals surface area contributed by atoms with E-state index in [4.69, 9.17) is 4.74 Å². The van der Waals surface area contributed by atoms with Crippen LogP contribution in [0.5, 0.6) is 0 Å². The predicted octanol–water partition coefficient (Wildman–Crippen LogP) is 2.05. The molecule has 0 fully saturated rings. The summed E-state index contributed by atoms with van der Waals surface area (Å²) in [5.41, 5.74) is 1.85. The van der Waals surface area contributed by atoms with Crippen molar-refractivity contribution in [2.75, 3.05) is 23.8 Å². The summed E-state index contributed by atoms with van der Waals surface area (Å²) in [7, 11) is 1.68. The lowest BCUT2D eigenvalue weighted by Gasteiger charge is -2.18. The molecule has 0 aliphatic rings. The number of esters is 1. The number of hydrogen-bond donors (Lipinski definition) is 1. The van der Waals surface area contributed by atoms with E-state index in [-0.39, 0.29) is 12.5 Å². The van der Waals surface area contributed by atoms with E-state index >= 15 is 0 Å². The molecule has 2 rings (SSSR count). The van der Waals surface area contributed by atoms with E-state index in [2.05, 4.69) is 22.2 Å². The molecular weight excluding hydrogens is 320 g/mol. The summed E-state index contributed by atoms with van der Waals surface area (Å²) in [6, 6.07) is 9.23. The van der Waals surface area contributed by atoms with E-state index in [0.29, 0.717) is 11.6 Å². The van der Waals surface area contributed by atoms with Gasteiger partial charge in [0.1, 0.15) is 6.54 Å². The summed E-state index contributed by atoms with van der Waals surface area (Å²) in [6.07, 6.45) is 3.21. The van der Waals surface area contributed by atoms with E-state index in [9.17, 15) is 9.59 Å². The van der Waals surface area contributed by atoms with Crippen LogP contribution < -0.4 is 10.2 Å². The molecular formula is C18H22N4O3. The monoisotopic (exact) mass is 342 g/mol. The van der Waals surface area contributed by atoms with Crippen LogP contribution in [-0.2, 0) is 20.7 Å². The third kappa shape index (κ3) is 5.56. The third-order valence-corrected chi connectivity index (χ3v) is 3.57. The lowest BCUT2D eigenvalue weighted by molar-refractivity contribution is -0.151. The molecule has 25 heavy (non-hydrogen) atoms. The number of rotatable bonds is 7. The molecule has 0 radical (unpaired) electrons. The SMILES string of the molecule is CCc1ccc(NC(=O)C(C)OC(=O)CN(C)c2ncccn2)cc1. The Balaban J connectivity index is 1.84. The number of aryl methyl sites for hydroxylation is 1. The molecule has 0 aliphatic heterocycles. The molecule has 0 bridgehead atoms. The van der Waals surface area contributed by atoms with Crippen molar-refractivity contribution in [3.05, 3.63) is 48.3 Å². The summed E-state index contributed by atoms with van der Waals surface area (Å²) >= 11 is 0. The minimum Gasteiger partial charge on any atom is -0.451 e. The van der Waals surface area contributed by atoms with Crippen molar-refractivity contribution in [3.63, 3.8) is 0 Å². The molecule has 0 spiro atoms. The molecule has 1 N–H and O–H groups in total. The van der Waals surface area contributed by atoms with Gasteiger partial charge in [0.25, 0.3) is 5.91 Å². The van der Waals surface area contributed by atoms with Crippen molar-refractivity contribution in [2.24, 2.45) is 0 Å². The van der Waals surface area contributed by atoms with Crippen molar-refractivity contribution in [3.8, 4) is 0 Å². The second kappa shape index (κ2) is 8.77. The van der Waals surface area contributed by atoms with Gasteiger partial charge in [-0.05, 0) is 37.1 Å². The quantitative estimate of drug-likeness (QED) is 0.775. The normalized spacial score (nSPS) is 11.5. The van der Waals surface area contributed by atoms with Gasteiger partial charge < -0.3 is 15.0 Å². The highest BCUT2D eigenvalue weighted by molar-refractivity contribution is 5.95. The minimum absolute atomic E-state index is 0.0488. The van der Waals surface area contributed by atoms with Crippen LogP contribution >= 0.6 is 0 Å². The number of aromatic nitrogens is 2. The molecule has 7 nitrogen and oxygen atoms in total. The van der Waals surface area contributed by atoms with Gasteiger partial charge in [-0.3, -0.25) is 9.59 Å². The zero-order chi connectivity index (χ0) is 18.2.